The van der Waals surface area contributed by atoms with E-state index in [1.165, 1.54) is 12.3 Å². The van der Waals surface area contributed by atoms with Gasteiger partial charge in [-0.25, -0.2) is 8.78 Å². The number of alkyl halides is 3. The lowest BCUT2D eigenvalue weighted by Gasteiger charge is -2.05. The highest BCUT2D eigenvalue weighted by Gasteiger charge is 2.11. The number of nitrogens with zero attached hydrogens (tertiary/aromatic N) is 1. The predicted octanol–water partition coefficient (Wildman–Crippen LogP) is 2.25. The van der Waals surface area contributed by atoms with Gasteiger partial charge in [-0.1, -0.05) is 0 Å². The van der Waals surface area contributed by atoms with Crippen LogP contribution in [-0.4, -0.2) is 10.1 Å². The molecule has 5 heteroatoms. The Balaban J connectivity index is 3.05. The standard InChI is InChI=1S/C8H8ClF2NO/c9-2-5-1-7(8(10)11)12-3-6(5)4-13/h1,3,8,13H,2,4H2. The summed E-state index contributed by atoms with van der Waals surface area (Å²) in [6, 6.07) is 1.21. The Kier molecular flexibility index (Phi) is 3.57. The predicted molar refractivity (Wildman–Crippen MR) is 44.7 cm³/mol. The maximum absolute atomic E-state index is 12.2. The number of halogens is 3. The molecule has 2 nitrogen and oxygen atoms in total. The minimum atomic E-state index is -2.60. The third-order valence-electron chi connectivity index (χ3n) is 1.64. The van der Waals surface area contributed by atoms with Gasteiger partial charge >= 0.3 is 0 Å². The fraction of sp³-hybridized carbons (Fsp3) is 0.375. The van der Waals surface area contributed by atoms with Gasteiger partial charge in [0.05, 0.1) is 6.61 Å². The van der Waals surface area contributed by atoms with Crippen LogP contribution in [0.2, 0.25) is 0 Å². The highest BCUT2D eigenvalue weighted by Crippen LogP contribution is 2.20. The van der Waals surface area contributed by atoms with Crippen molar-refractivity contribution >= 4 is 11.6 Å². The minimum Gasteiger partial charge on any atom is -0.392 e. The first-order valence-corrected chi connectivity index (χ1v) is 4.15. The molecular weight excluding hydrogens is 200 g/mol. The van der Waals surface area contributed by atoms with E-state index >= 15 is 0 Å². The summed E-state index contributed by atoms with van der Waals surface area (Å²) in [6.07, 6.45) is -1.38. The molecule has 0 saturated carbocycles. The molecule has 13 heavy (non-hydrogen) atoms. The van der Waals surface area contributed by atoms with Crippen molar-refractivity contribution in [3.05, 3.63) is 29.1 Å². The highest BCUT2D eigenvalue weighted by atomic mass is 35.5. The Morgan fingerprint density at radius 1 is 1.46 bits per heavy atom. The SMILES string of the molecule is OCc1cnc(C(F)F)cc1CCl. The van der Waals surface area contributed by atoms with Crippen molar-refractivity contribution in [1.82, 2.24) is 4.98 Å². The molecular formula is C8H8ClF2NO. The number of hydrogen-bond donors (Lipinski definition) is 1. The number of rotatable bonds is 3. The second-order valence-electron chi connectivity index (χ2n) is 2.47. The van der Waals surface area contributed by atoms with Gasteiger partial charge < -0.3 is 5.11 Å². The number of pyridine rings is 1. The topological polar surface area (TPSA) is 33.1 Å². The fourth-order valence-corrected chi connectivity index (χ4v) is 1.18. The van der Waals surface area contributed by atoms with Crippen molar-refractivity contribution in [1.29, 1.82) is 0 Å². The molecule has 0 unspecified atom stereocenters. The number of aliphatic hydroxyl groups is 1. The molecule has 0 aliphatic carbocycles. The average Bonchev–Trinajstić information content (AvgIpc) is 2.16. The Morgan fingerprint density at radius 3 is 2.62 bits per heavy atom. The van der Waals surface area contributed by atoms with Crippen LogP contribution in [0.25, 0.3) is 0 Å². The molecule has 0 aliphatic heterocycles. The van der Waals surface area contributed by atoms with E-state index in [2.05, 4.69) is 4.98 Å². The van der Waals surface area contributed by atoms with Gasteiger partial charge in [0.1, 0.15) is 5.69 Å². The van der Waals surface area contributed by atoms with Gasteiger partial charge in [-0.3, -0.25) is 4.98 Å². The van der Waals surface area contributed by atoms with Crippen LogP contribution >= 0.6 is 11.6 Å². The van der Waals surface area contributed by atoms with Crippen LogP contribution < -0.4 is 0 Å². The van der Waals surface area contributed by atoms with Crippen molar-refractivity contribution < 1.29 is 13.9 Å². The zero-order chi connectivity index (χ0) is 9.84. The second-order valence-corrected chi connectivity index (χ2v) is 2.74. The summed E-state index contributed by atoms with van der Waals surface area (Å²) in [5.74, 6) is 0.0954. The monoisotopic (exact) mass is 207 g/mol. The molecule has 0 spiro atoms. The van der Waals surface area contributed by atoms with Crippen LogP contribution in [0.4, 0.5) is 8.78 Å². The number of aromatic nitrogens is 1. The van der Waals surface area contributed by atoms with Crippen molar-refractivity contribution in [3.63, 3.8) is 0 Å². The molecule has 0 aromatic carbocycles. The van der Waals surface area contributed by atoms with Gasteiger partial charge in [0.15, 0.2) is 0 Å². The molecule has 72 valence electrons. The molecule has 0 saturated heterocycles. The highest BCUT2D eigenvalue weighted by molar-refractivity contribution is 6.17. The Morgan fingerprint density at radius 2 is 2.15 bits per heavy atom. The number of hydrogen-bond acceptors (Lipinski definition) is 2. The molecule has 1 heterocycles. The quantitative estimate of drug-likeness (QED) is 0.772. The summed E-state index contributed by atoms with van der Waals surface area (Å²) in [7, 11) is 0. The first kappa shape index (κ1) is 10.3. The molecule has 1 rings (SSSR count). The van der Waals surface area contributed by atoms with Crippen LogP contribution in [0.1, 0.15) is 23.2 Å². The maximum atomic E-state index is 12.2. The van der Waals surface area contributed by atoms with E-state index in [4.69, 9.17) is 16.7 Å². The van der Waals surface area contributed by atoms with E-state index in [0.717, 1.165) is 0 Å². The summed E-state index contributed by atoms with van der Waals surface area (Å²) in [4.78, 5) is 3.49. The summed E-state index contributed by atoms with van der Waals surface area (Å²) >= 11 is 5.50. The van der Waals surface area contributed by atoms with Crippen molar-refractivity contribution in [3.8, 4) is 0 Å². The van der Waals surface area contributed by atoms with Crippen molar-refractivity contribution in [2.45, 2.75) is 18.9 Å². The molecule has 0 amide bonds. The molecule has 0 atom stereocenters. The van der Waals surface area contributed by atoms with E-state index in [-0.39, 0.29) is 18.2 Å². The third kappa shape index (κ3) is 2.35. The second kappa shape index (κ2) is 4.48. The van der Waals surface area contributed by atoms with Crippen LogP contribution in [0, 0.1) is 0 Å². The molecule has 0 bridgehead atoms. The molecule has 0 radical (unpaired) electrons. The smallest absolute Gasteiger partial charge is 0.280 e. The molecule has 1 aromatic heterocycles. The normalized spacial score (nSPS) is 10.8. The van der Waals surface area contributed by atoms with E-state index in [1.54, 1.807) is 0 Å². The Hall–Kier alpha value is -0.740. The Labute approximate surface area is 79.2 Å². The largest absolute Gasteiger partial charge is 0.392 e. The van der Waals surface area contributed by atoms with Gasteiger partial charge in [-0.15, -0.1) is 11.6 Å². The molecule has 0 fully saturated rings. The summed E-state index contributed by atoms with van der Waals surface area (Å²) < 4.78 is 24.3. The summed E-state index contributed by atoms with van der Waals surface area (Å²) in [5, 5.41) is 8.79. The summed E-state index contributed by atoms with van der Waals surface area (Å²) in [5.41, 5.74) is 0.668. The van der Waals surface area contributed by atoms with E-state index < -0.39 is 6.43 Å². The lowest BCUT2D eigenvalue weighted by molar-refractivity contribution is 0.146. The minimum absolute atomic E-state index is 0.0954. The average molecular weight is 208 g/mol. The summed E-state index contributed by atoms with van der Waals surface area (Å²) in [6.45, 7) is -0.238. The van der Waals surface area contributed by atoms with E-state index in [9.17, 15) is 8.78 Å². The van der Waals surface area contributed by atoms with E-state index in [1.807, 2.05) is 0 Å². The maximum Gasteiger partial charge on any atom is 0.280 e. The van der Waals surface area contributed by atoms with Crippen molar-refractivity contribution in [2.75, 3.05) is 0 Å². The lowest BCUT2D eigenvalue weighted by atomic mass is 10.1. The third-order valence-corrected chi connectivity index (χ3v) is 1.93. The lowest BCUT2D eigenvalue weighted by Crippen LogP contribution is -1.97. The van der Waals surface area contributed by atoms with Crippen LogP contribution in [0.3, 0.4) is 0 Å². The first-order chi connectivity index (χ1) is 6.19. The zero-order valence-electron chi connectivity index (χ0n) is 6.67. The molecule has 0 aliphatic rings. The fourth-order valence-electron chi connectivity index (χ4n) is 0.930. The van der Waals surface area contributed by atoms with Gasteiger partial charge in [-0.2, -0.15) is 0 Å². The van der Waals surface area contributed by atoms with E-state index in [0.29, 0.717) is 11.1 Å². The van der Waals surface area contributed by atoms with Crippen molar-refractivity contribution in [2.24, 2.45) is 0 Å². The van der Waals surface area contributed by atoms with Crippen LogP contribution in [-0.2, 0) is 12.5 Å². The zero-order valence-corrected chi connectivity index (χ0v) is 7.43. The molecule has 1 aromatic rings. The van der Waals surface area contributed by atoms with Gasteiger partial charge in [0.25, 0.3) is 6.43 Å². The molecule has 1 N–H and O–H groups in total. The van der Waals surface area contributed by atoms with Gasteiger partial charge in [0, 0.05) is 17.6 Å². The Bertz CT molecular complexity index is 293. The van der Waals surface area contributed by atoms with Crippen LogP contribution in [0.5, 0.6) is 0 Å². The first-order valence-electron chi connectivity index (χ1n) is 3.61. The number of aliphatic hydroxyl groups excluding tert-OH is 1. The van der Waals surface area contributed by atoms with Gasteiger partial charge in [0.2, 0.25) is 0 Å². The van der Waals surface area contributed by atoms with Gasteiger partial charge in [-0.05, 0) is 11.6 Å². The van der Waals surface area contributed by atoms with Crippen LogP contribution in [0.15, 0.2) is 12.3 Å².